The van der Waals surface area contributed by atoms with Crippen LogP contribution in [0.2, 0.25) is 0 Å². The Morgan fingerprint density at radius 2 is 1.71 bits per heavy atom. The molecular weight excluding hydrogens is 466 g/mol. The predicted molar refractivity (Wildman–Crippen MR) is 123 cm³/mol. The Labute approximate surface area is 198 Å². The maximum atomic E-state index is 14.5. The summed E-state index contributed by atoms with van der Waals surface area (Å²) < 4.78 is 57.0. The molecule has 1 atom stereocenters. The van der Waals surface area contributed by atoms with Gasteiger partial charge in [0.1, 0.15) is 5.82 Å². The fourth-order valence-electron chi connectivity index (χ4n) is 4.18. The topological polar surface area (TPSA) is 72.2 Å². The van der Waals surface area contributed by atoms with E-state index in [2.05, 4.69) is 10.4 Å². The number of benzene rings is 2. The van der Waals surface area contributed by atoms with Gasteiger partial charge < -0.3 is 10.2 Å². The van der Waals surface area contributed by atoms with Crippen LogP contribution < -0.4 is 21.5 Å². The fourth-order valence-corrected chi connectivity index (χ4v) is 4.18. The summed E-state index contributed by atoms with van der Waals surface area (Å²) in [5, 5.41) is 7.28. The first-order valence-electron chi connectivity index (χ1n) is 11.2. The third-order valence-electron chi connectivity index (χ3n) is 6.08. The van der Waals surface area contributed by atoms with Crippen LogP contribution in [-0.4, -0.2) is 40.5 Å². The number of aromatic nitrogens is 3. The zero-order chi connectivity index (χ0) is 25.2. The van der Waals surface area contributed by atoms with E-state index in [1.165, 1.54) is 0 Å². The maximum Gasteiger partial charge on any atom is 0.416 e. The molecule has 0 unspecified atom stereocenters. The fraction of sp³-hybridized carbons (Fsp3) is 0.375. The molecule has 35 heavy (non-hydrogen) atoms. The van der Waals surface area contributed by atoms with Gasteiger partial charge in [-0.1, -0.05) is 43.3 Å². The number of anilines is 1. The zero-order valence-electron chi connectivity index (χ0n) is 19.1. The second-order valence-corrected chi connectivity index (χ2v) is 8.49. The third-order valence-corrected chi connectivity index (χ3v) is 6.08. The van der Waals surface area contributed by atoms with Crippen LogP contribution in [-0.2, 0) is 19.3 Å². The Balaban J connectivity index is 1.83. The molecule has 0 amide bonds. The smallest absolute Gasteiger partial charge is 0.348 e. The first-order valence-corrected chi connectivity index (χ1v) is 11.2. The van der Waals surface area contributed by atoms with Crippen molar-refractivity contribution in [2.45, 2.75) is 32.1 Å². The summed E-state index contributed by atoms with van der Waals surface area (Å²) in [5.74, 6) is -1.39. The van der Waals surface area contributed by atoms with Crippen molar-refractivity contribution in [2.24, 2.45) is 0 Å². The van der Waals surface area contributed by atoms with Gasteiger partial charge in [-0.25, -0.2) is 13.9 Å². The molecule has 0 spiro atoms. The maximum absolute atomic E-state index is 14.5. The van der Waals surface area contributed by atoms with Crippen molar-refractivity contribution in [3.05, 3.63) is 91.9 Å². The van der Waals surface area contributed by atoms with Crippen LogP contribution in [0.4, 0.5) is 23.4 Å². The van der Waals surface area contributed by atoms with E-state index in [0.717, 1.165) is 33.0 Å². The van der Waals surface area contributed by atoms with E-state index in [9.17, 15) is 27.2 Å². The molecule has 7 nitrogen and oxygen atoms in total. The van der Waals surface area contributed by atoms with Gasteiger partial charge in [-0.3, -0.25) is 9.36 Å². The Hall–Kier alpha value is -3.47. The van der Waals surface area contributed by atoms with Crippen LogP contribution in [0.1, 0.15) is 29.5 Å². The van der Waals surface area contributed by atoms with Crippen molar-refractivity contribution >= 4 is 5.82 Å². The second kappa shape index (κ2) is 10.0. The van der Waals surface area contributed by atoms with Crippen LogP contribution in [0.5, 0.6) is 0 Å². The van der Waals surface area contributed by atoms with Crippen LogP contribution in [0.15, 0.2) is 58.1 Å². The molecule has 0 bridgehead atoms. The molecule has 0 aliphatic carbocycles. The van der Waals surface area contributed by atoms with E-state index in [-0.39, 0.29) is 18.3 Å². The number of rotatable bonds is 6. The van der Waals surface area contributed by atoms with Crippen molar-refractivity contribution in [1.29, 1.82) is 0 Å². The molecule has 1 N–H and O–H groups in total. The summed E-state index contributed by atoms with van der Waals surface area (Å²) in [5.41, 5.74) is -2.53. The molecule has 0 radical (unpaired) electrons. The van der Waals surface area contributed by atoms with E-state index < -0.39 is 40.9 Å². The van der Waals surface area contributed by atoms with Crippen LogP contribution in [0, 0.1) is 5.82 Å². The van der Waals surface area contributed by atoms with Gasteiger partial charge in [0.15, 0.2) is 0 Å². The highest BCUT2D eigenvalue weighted by Gasteiger charge is 2.35. The van der Waals surface area contributed by atoms with Crippen molar-refractivity contribution in [2.75, 3.05) is 31.1 Å². The van der Waals surface area contributed by atoms with Crippen molar-refractivity contribution in [3.8, 4) is 0 Å². The minimum absolute atomic E-state index is 0.00725. The number of hydrogen-bond donors (Lipinski definition) is 1. The van der Waals surface area contributed by atoms with Crippen molar-refractivity contribution in [3.63, 3.8) is 0 Å². The molecule has 1 aliphatic rings. The molecule has 1 fully saturated rings. The normalized spacial score (nSPS) is 15.3. The monoisotopic (exact) mass is 491 g/mol. The minimum atomic E-state index is -4.82. The van der Waals surface area contributed by atoms with E-state index in [1.807, 2.05) is 37.3 Å². The van der Waals surface area contributed by atoms with Crippen LogP contribution >= 0.6 is 0 Å². The molecule has 11 heteroatoms. The number of nitrogens with one attached hydrogen (secondary N) is 1. The minimum Gasteiger partial charge on any atom is -0.348 e. The van der Waals surface area contributed by atoms with Gasteiger partial charge in [0.05, 0.1) is 12.1 Å². The lowest BCUT2D eigenvalue weighted by Crippen LogP contribution is -2.50. The Bertz CT molecular complexity index is 1300. The SMILES string of the molecule is C[C@@H](Cn1c(=O)c(N2CCNCC2)nn(Cc2c(F)cccc2C(F)(F)F)c1=O)c1ccccc1. The molecule has 186 valence electrons. The average molecular weight is 491 g/mol. The Morgan fingerprint density at radius 3 is 2.37 bits per heavy atom. The third kappa shape index (κ3) is 5.29. The molecule has 0 saturated carbocycles. The Kier molecular flexibility index (Phi) is 7.06. The number of hydrogen-bond acceptors (Lipinski definition) is 5. The highest BCUT2D eigenvalue weighted by molar-refractivity contribution is 5.36. The van der Waals surface area contributed by atoms with Crippen molar-refractivity contribution in [1.82, 2.24) is 19.7 Å². The van der Waals surface area contributed by atoms with Crippen LogP contribution in [0.25, 0.3) is 0 Å². The van der Waals surface area contributed by atoms with Gasteiger partial charge in [0, 0.05) is 38.3 Å². The summed E-state index contributed by atoms with van der Waals surface area (Å²) >= 11 is 0. The standard InChI is InChI=1S/C24H25F4N5O2/c1-16(17-6-3-2-4-7-17)14-32-22(34)21(31-12-10-29-11-13-31)30-33(23(32)35)15-18-19(24(26,27)28)8-5-9-20(18)25/h2-9,16,29H,10-15H2,1H3/t16-/m0/s1. The van der Waals surface area contributed by atoms with Gasteiger partial charge in [-0.05, 0) is 23.6 Å². The second-order valence-electron chi connectivity index (χ2n) is 8.49. The molecule has 4 rings (SSSR count). The lowest BCUT2D eigenvalue weighted by molar-refractivity contribution is -0.138. The molecule has 1 saturated heterocycles. The largest absolute Gasteiger partial charge is 0.416 e. The van der Waals surface area contributed by atoms with Gasteiger partial charge in [0.25, 0.3) is 5.56 Å². The van der Waals surface area contributed by atoms with Gasteiger partial charge >= 0.3 is 11.9 Å². The lowest BCUT2D eigenvalue weighted by Gasteiger charge is -2.28. The quantitative estimate of drug-likeness (QED) is 0.537. The van der Waals surface area contributed by atoms with Gasteiger partial charge in [-0.2, -0.15) is 13.2 Å². The van der Waals surface area contributed by atoms with Crippen molar-refractivity contribution < 1.29 is 17.6 Å². The Morgan fingerprint density at radius 1 is 1.03 bits per heavy atom. The van der Waals surface area contributed by atoms with E-state index in [0.29, 0.717) is 26.2 Å². The lowest BCUT2D eigenvalue weighted by atomic mass is 10.0. The summed E-state index contributed by atoms with van der Waals surface area (Å²) in [4.78, 5) is 28.3. The molecule has 1 aromatic heterocycles. The van der Waals surface area contributed by atoms with Crippen LogP contribution in [0.3, 0.4) is 0 Å². The van der Waals surface area contributed by atoms with E-state index >= 15 is 0 Å². The molecule has 3 aromatic rings. The number of piperazine rings is 1. The average Bonchev–Trinajstić information content (AvgIpc) is 2.84. The van der Waals surface area contributed by atoms with Gasteiger partial charge in [0.2, 0.25) is 5.82 Å². The number of halogens is 4. The number of nitrogens with zero attached hydrogens (tertiary/aromatic N) is 4. The molecular formula is C24H25F4N5O2. The molecule has 2 aromatic carbocycles. The summed E-state index contributed by atoms with van der Waals surface area (Å²) in [6.07, 6.45) is -4.82. The number of alkyl halides is 3. The summed E-state index contributed by atoms with van der Waals surface area (Å²) in [7, 11) is 0. The highest BCUT2D eigenvalue weighted by Crippen LogP contribution is 2.33. The first kappa shape index (κ1) is 24.6. The van der Waals surface area contributed by atoms with Gasteiger partial charge in [-0.15, -0.1) is 5.10 Å². The predicted octanol–water partition coefficient (Wildman–Crippen LogP) is 2.82. The summed E-state index contributed by atoms with van der Waals surface area (Å²) in [6.45, 7) is 3.09. The van der Waals surface area contributed by atoms with E-state index in [1.54, 1.807) is 4.90 Å². The molecule has 2 heterocycles. The summed E-state index contributed by atoms with van der Waals surface area (Å²) in [6, 6.07) is 11.9. The highest BCUT2D eigenvalue weighted by atomic mass is 19.4. The first-order chi connectivity index (χ1) is 16.7. The zero-order valence-corrected chi connectivity index (χ0v) is 19.1. The van der Waals surface area contributed by atoms with E-state index in [4.69, 9.17) is 0 Å². The molecule has 1 aliphatic heterocycles.